The Morgan fingerprint density at radius 2 is 1.85 bits per heavy atom. The van der Waals surface area contributed by atoms with Crippen LogP contribution in [-0.2, 0) is 4.79 Å². The molecule has 5 nitrogen and oxygen atoms in total. The quantitative estimate of drug-likeness (QED) is 0.923. The first kappa shape index (κ1) is 14.5. The number of carbonyl (C=O) groups is 1. The summed E-state index contributed by atoms with van der Waals surface area (Å²) in [6.45, 7) is 5.14. The van der Waals surface area contributed by atoms with Crippen molar-refractivity contribution in [3.05, 3.63) is 12.1 Å². The fraction of sp³-hybridized carbons (Fsp3) is 0.533. The van der Waals surface area contributed by atoms with Gasteiger partial charge in [-0.1, -0.05) is 0 Å². The first-order valence-corrected chi connectivity index (χ1v) is 6.89. The molecule has 0 radical (unpaired) electrons. The Morgan fingerprint density at radius 3 is 2.45 bits per heavy atom. The van der Waals surface area contributed by atoms with E-state index in [4.69, 9.17) is 9.47 Å². The Balaban J connectivity index is 2.54. The van der Waals surface area contributed by atoms with Gasteiger partial charge in [0, 0.05) is 31.1 Å². The molecule has 1 N–H and O–H groups in total. The lowest BCUT2D eigenvalue weighted by Crippen LogP contribution is -2.34. The van der Waals surface area contributed by atoms with E-state index in [2.05, 4.69) is 24.1 Å². The fourth-order valence-corrected chi connectivity index (χ4v) is 2.49. The van der Waals surface area contributed by atoms with Gasteiger partial charge in [0.05, 0.1) is 25.6 Å². The van der Waals surface area contributed by atoms with Crippen LogP contribution in [0.2, 0.25) is 0 Å². The van der Waals surface area contributed by atoms with Gasteiger partial charge in [-0.3, -0.25) is 4.79 Å². The lowest BCUT2D eigenvalue weighted by Gasteiger charge is -2.33. The van der Waals surface area contributed by atoms with Crippen molar-refractivity contribution in [1.29, 1.82) is 0 Å². The van der Waals surface area contributed by atoms with Gasteiger partial charge in [0.15, 0.2) is 11.5 Å². The lowest BCUT2D eigenvalue weighted by molar-refractivity contribution is -0.116. The first-order chi connectivity index (χ1) is 9.56. The summed E-state index contributed by atoms with van der Waals surface area (Å²) in [5, 5.41) is 2.96. The predicted octanol–water partition coefficient (Wildman–Crippen LogP) is 2.65. The van der Waals surface area contributed by atoms with Gasteiger partial charge in [-0.2, -0.15) is 0 Å². The van der Waals surface area contributed by atoms with Crippen LogP contribution in [0.15, 0.2) is 12.1 Å². The van der Waals surface area contributed by atoms with E-state index in [1.807, 2.05) is 12.1 Å². The number of benzene rings is 1. The standard InChI is InChI=1S/C15H22N2O3/c1-10(2)17-7-5-6-15(18)16-11-8-13(19-3)14(20-4)9-12(11)17/h8-10H,5-7H2,1-4H3,(H,16,18). The predicted molar refractivity (Wildman–Crippen MR) is 79.9 cm³/mol. The second-order valence-corrected chi connectivity index (χ2v) is 5.16. The molecule has 0 saturated carbocycles. The third kappa shape index (κ3) is 2.81. The second-order valence-electron chi connectivity index (χ2n) is 5.16. The lowest BCUT2D eigenvalue weighted by atomic mass is 10.1. The minimum atomic E-state index is 0.0434. The largest absolute Gasteiger partial charge is 0.493 e. The highest BCUT2D eigenvalue weighted by Crippen LogP contribution is 2.39. The second kappa shape index (κ2) is 6.03. The summed E-state index contributed by atoms with van der Waals surface area (Å²) < 4.78 is 10.7. The van der Waals surface area contributed by atoms with Crippen LogP contribution in [0, 0.1) is 0 Å². The number of hydrogen-bond donors (Lipinski definition) is 1. The van der Waals surface area contributed by atoms with E-state index in [1.165, 1.54) is 0 Å². The summed E-state index contributed by atoms with van der Waals surface area (Å²) in [4.78, 5) is 14.1. The third-order valence-electron chi connectivity index (χ3n) is 3.51. The topological polar surface area (TPSA) is 50.8 Å². The molecule has 20 heavy (non-hydrogen) atoms. The molecule has 2 rings (SSSR count). The monoisotopic (exact) mass is 278 g/mol. The van der Waals surface area contributed by atoms with E-state index >= 15 is 0 Å². The molecule has 1 amide bonds. The van der Waals surface area contributed by atoms with Crippen LogP contribution in [-0.4, -0.2) is 32.7 Å². The molecule has 1 aromatic carbocycles. The summed E-state index contributed by atoms with van der Waals surface area (Å²) in [7, 11) is 3.21. The van der Waals surface area contributed by atoms with E-state index in [-0.39, 0.29) is 5.91 Å². The molecule has 0 aromatic heterocycles. The third-order valence-corrected chi connectivity index (χ3v) is 3.51. The van der Waals surface area contributed by atoms with Crippen molar-refractivity contribution in [2.45, 2.75) is 32.7 Å². The SMILES string of the molecule is COc1cc2c(cc1OC)N(C(C)C)CCCC(=O)N2. The van der Waals surface area contributed by atoms with Crippen LogP contribution < -0.4 is 19.7 Å². The molecule has 0 atom stereocenters. The Labute approximate surface area is 119 Å². The van der Waals surface area contributed by atoms with Crippen LogP contribution >= 0.6 is 0 Å². The molecule has 0 bridgehead atoms. The molecule has 1 aromatic rings. The fourth-order valence-electron chi connectivity index (χ4n) is 2.49. The maximum Gasteiger partial charge on any atom is 0.224 e. The summed E-state index contributed by atoms with van der Waals surface area (Å²) >= 11 is 0. The number of carbonyl (C=O) groups excluding carboxylic acids is 1. The number of methoxy groups -OCH3 is 2. The molecule has 110 valence electrons. The van der Waals surface area contributed by atoms with E-state index in [1.54, 1.807) is 14.2 Å². The molecular weight excluding hydrogens is 256 g/mol. The van der Waals surface area contributed by atoms with Gasteiger partial charge in [-0.05, 0) is 20.3 Å². The zero-order valence-electron chi connectivity index (χ0n) is 12.5. The average Bonchev–Trinajstić information content (AvgIpc) is 2.41. The zero-order chi connectivity index (χ0) is 14.7. The summed E-state index contributed by atoms with van der Waals surface area (Å²) in [5.74, 6) is 1.34. The maximum atomic E-state index is 11.8. The van der Waals surface area contributed by atoms with Crippen molar-refractivity contribution < 1.29 is 14.3 Å². The van der Waals surface area contributed by atoms with E-state index in [9.17, 15) is 4.79 Å². The summed E-state index contributed by atoms with van der Waals surface area (Å²) in [6, 6.07) is 4.11. The van der Waals surface area contributed by atoms with Gasteiger partial charge in [-0.15, -0.1) is 0 Å². The van der Waals surface area contributed by atoms with Crippen molar-refractivity contribution >= 4 is 17.3 Å². The van der Waals surface area contributed by atoms with Crippen molar-refractivity contribution in [2.75, 3.05) is 31.0 Å². The molecule has 0 unspecified atom stereocenters. The Bertz CT molecular complexity index is 500. The molecule has 1 aliphatic rings. The highest BCUT2D eigenvalue weighted by Gasteiger charge is 2.22. The molecule has 0 aliphatic carbocycles. The smallest absolute Gasteiger partial charge is 0.224 e. The molecule has 0 fully saturated rings. The Hall–Kier alpha value is -1.91. The minimum absolute atomic E-state index is 0.0434. The molecule has 5 heteroatoms. The van der Waals surface area contributed by atoms with Crippen molar-refractivity contribution in [3.8, 4) is 11.5 Å². The number of anilines is 2. The number of fused-ring (bicyclic) bond motifs is 1. The van der Waals surface area contributed by atoms with Crippen LogP contribution in [0.25, 0.3) is 0 Å². The van der Waals surface area contributed by atoms with E-state index < -0.39 is 0 Å². The van der Waals surface area contributed by atoms with Gasteiger partial charge >= 0.3 is 0 Å². The van der Waals surface area contributed by atoms with Gasteiger partial charge < -0.3 is 19.7 Å². The molecule has 1 heterocycles. The number of ether oxygens (including phenoxy) is 2. The van der Waals surface area contributed by atoms with E-state index in [0.29, 0.717) is 24.0 Å². The minimum Gasteiger partial charge on any atom is -0.493 e. The Morgan fingerprint density at radius 1 is 1.20 bits per heavy atom. The van der Waals surface area contributed by atoms with Gasteiger partial charge in [0.25, 0.3) is 0 Å². The number of rotatable bonds is 3. The molecule has 0 saturated heterocycles. The maximum absolute atomic E-state index is 11.8. The first-order valence-electron chi connectivity index (χ1n) is 6.89. The van der Waals surface area contributed by atoms with Crippen molar-refractivity contribution in [3.63, 3.8) is 0 Å². The average molecular weight is 278 g/mol. The number of amides is 1. The summed E-state index contributed by atoms with van der Waals surface area (Å²) in [6.07, 6.45) is 1.38. The summed E-state index contributed by atoms with van der Waals surface area (Å²) in [5.41, 5.74) is 1.76. The number of nitrogens with one attached hydrogen (secondary N) is 1. The van der Waals surface area contributed by atoms with Crippen LogP contribution in [0.1, 0.15) is 26.7 Å². The van der Waals surface area contributed by atoms with Crippen LogP contribution in [0.4, 0.5) is 11.4 Å². The number of hydrogen-bond acceptors (Lipinski definition) is 4. The van der Waals surface area contributed by atoms with Crippen LogP contribution in [0.5, 0.6) is 11.5 Å². The molecule has 0 spiro atoms. The van der Waals surface area contributed by atoms with Gasteiger partial charge in [-0.25, -0.2) is 0 Å². The van der Waals surface area contributed by atoms with Gasteiger partial charge in [0.2, 0.25) is 5.91 Å². The normalized spacial score (nSPS) is 15.2. The van der Waals surface area contributed by atoms with Gasteiger partial charge in [0.1, 0.15) is 0 Å². The van der Waals surface area contributed by atoms with Crippen LogP contribution in [0.3, 0.4) is 0 Å². The van der Waals surface area contributed by atoms with E-state index in [0.717, 1.165) is 24.3 Å². The van der Waals surface area contributed by atoms with Crippen molar-refractivity contribution in [1.82, 2.24) is 0 Å². The zero-order valence-corrected chi connectivity index (χ0v) is 12.5. The molecule has 1 aliphatic heterocycles. The molecular formula is C15H22N2O3. The van der Waals surface area contributed by atoms with Crippen molar-refractivity contribution in [2.24, 2.45) is 0 Å². The number of nitrogens with zero attached hydrogens (tertiary/aromatic N) is 1. The highest BCUT2D eigenvalue weighted by molar-refractivity contribution is 5.95. The highest BCUT2D eigenvalue weighted by atomic mass is 16.5. The Kier molecular flexibility index (Phi) is 4.37.